The van der Waals surface area contributed by atoms with Crippen LogP contribution in [0.3, 0.4) is 0 Å². The number of carbonyl (C=O) groups excluding carboxylic acids is 1. The van der Waals surface area contributed by atoms with Crippen LogP contribution in [0.2, 0.25) is 5.02 Å². The number of nitrogens with one attached hydrogen (secondary N) is 1. The van der Waals surface area contributed by atoms with E-state index in [1.165, 1.54) is 11.1 Å². The third kappa shape index (κ3) is 5.84. The highest BCUT2D eigenvalue weighted by atomic mass is 35.5. The fraction of sp³-hybridized carbons (Fsp3) is 0.207. The highest BCUT2D eigenvalue weighted by Crippen LogP contribution is 2.36. The van der Waals surface area contributed by atoms with Crippen molar-refractivity contribution in [2.75, 3.05) is 11.4 Å². The topological polar surface area (TPSA) is 82.5 Å². The van der Waals surface area contributed by atoms with Crippen LogP contribution < -0.4 is 10.2 Å². The minimum absolute atomic E-state index is 0.101. The third-order valence-electron chi connectivity index (χ3n) is 6.55. The Balaban J connectivity index is 1.37. The number of carboxylic acids is 1. The number of benzene rings is 3. The fourth-order valence-electron chi connectivity index (χ4n) is 4.64. The average molecular weight is 532 g/mol. The molecule has 0 atom stereocenters. The van der Waals surface area contributed by atoms with Crippen molar-refractivity contribution < 1.29 is 14.7 Å². The second-order valence-corrected chi connectivity index (χ2v) is 10.3. The van der Waals surface area contributed by atoms with Crippen molar-refractivity contribution in [2.45, 2.75) is 31.8 Å². The molecule has 188 valence electrons. The maximum atomic E-state index is 12.3. The lowest BCUT2D eigenvalue weighted by molar-refractivity contribution is -0.136. The van der Waals surface area contributed by atoms with E-state index in [1.54, 1.807) is 23.5 Å². The van der Waals surface area contributed by atoms with Crippen molar-refractivity contribution in [1.29, 1.82) is 0 Å². The van der Waals surface area contributed by atoms with Gasteiger partial charge in [0.25, 0.3) is 5.91 Å². The van der Waals surface area contributed by atoms with E-state index in [4.69, 9.17) is 21.7 Å². The molecule has 37 heavy (non-hydrogen) atoms. The van der Waals surface area contributed by atoms with Gasteiger partial charge in [0.15, 0.2) is 5.13 Å². The number of rotatable bonds is 9. The first-order valence-electron chi connectivity index (χ1n) is 12.1. The van der Waals surface area contributed by atoms with Crippen LogP contribution in [0.1, 0.15) is 33.5 Å². The maximum Gasteiger partial charge on any atom is 0.305 e. The molecule has 5 rings (SSSR count). The minimum atomic E-state index is -0.940. The van der Waals surface area contributed by atoms with Crippen molar-refractivity contribution in [3.05, 3.63) is 105 Å². The summed E-state index contributed by atoms with van der Waals surface area (Å²) in [4.78, 5) is 30.4. The first kappa shape index (κ1) is 25.0. The van der Waals surface area contributed by atoms with Gasteiger partial charge in [-0.2, -0.15) is 0 Å². The normalized spacial score (nSPS) is 12.8. The zero-order valence-electron chi connectivity index (χ0n) is 20.1. The van der Waals surface area contributed by atoms with Gasteiger partial charge in [0.2, 0.25) is 0 Å². The van der Waals surface area contributed by atoms with E-state index in [1.807, 2.05) is 36.4 Å². The Morgan fingerprint density at radius 2 is 1.68 bits per heavy atom. The molecule has 6 nitrogen and oxygen atoms in total. The summed E-state index contributed by atoms with van der Waals surface area (Å²) in [6.07, 6.45) is 1.79. The second-order valence-electron chi connectivity index (χ2n) is 9.05. The quantitative estimate of drug-likeness (QED) is 0.283. The number of amides is 1. The predicted molar refractivity (Wildman–Crippen MR) is 147 cm³/mol. The standard InChI is InChI=1S/C29H26ClN3O3S/c30-25-8-4-3-7-24(25)26-18-37-29(32-26)33(23-15-21-5-1-2-6-22(21)16-23)17-19-9-11-20(12-10-19)28(36)31-14-13-27(34)35/h1-12,18,23H,13-17H2,(H,31,36)(H,34,35). The van der Waals surface area contributed by atoms with Gasteiger partial charge in [-0.3, -0.25) is 9.59 Å². The molecular weight excluding hydrogens is 506 g/mol. The summed E-state index contributed by atoms with van der Waals surface area (Å²) in [6.45, 7) is 0.749. The van der Waals surface area contributed by atoms with Gasteiger partial charge in [0, 0.05) is 40.7 Å². The Morgan fingerprint density at radius 1 is 1.00 bits per heavy atom. The Morgan fingerprint density at radius 3 is 2.35 bits per heavy atom. The van der Waals surface area contributed by atoms with E-state index in [0.29, 0.717) is 17.1 Å². The molecule has 0 radical (unpaired) electrons. The Kier molecular flexibility index (Phi) is 7.53. The van der Waals surface area contributed by atoms with Crippen LogP contribution in [-0.4, -0.2) is 34.6 Å². The SMILES string of the molecule is O=C(O)CCNC(=O)c1ccc(CN(c2nc(-c3ccccc3Cl)cs2)C2Cc3ccccc3C2)cc1. The molecule has 8 heteroatoms. The largest absolute Gasteiger partial charge is 0.481 e. The van der Waals surface area contributed by atoms with Gasteiger partial charge in [-0.1, -0.05) is 66.2 Å². The molecule has 1 aliphatic rings. The van der Waals surface area contributed by atoms with E-state index in [-0.39, 0.29) is 24.9 Å². The molecule has 1 heterocycles. The molecule has 0 aliphatic heterocycles. The van der Waals surface area contributed by atoms with E-state index < -0.39 is 5.97 Å². The van der Waals surface area contributed by atoms with Crippen LogP contribution in [0.5, 0.6) is 0 Å². The number of carbonyl (C=O) groups is 2. The van der Waals surface area contributed by atoms with Gasteiger partial charge in [0.05, 0.1) is 12.1 Å². The van der Waals surface area contributed by atoms with Gasteiger partial charge in [-0.25, -0.2) is 4.98 Å². The molecule has 1 aromatic heterocycles. The lowest BCUT2D eigenvalue weighted by atomic mass is 10.1. The summed E-state index contributed by atoms with van der Waals surface area (Å²) in [6, 6.07) is 24.0. The second kappa shape index (κ2) is 11.2. The average Bonchev–Trinajstić information content (AvgIpc) is 3.55. The monoisotopic (exact) mass is 531 g/mol. The van der Waals surface area contributed by atoms with Crippen molar-refractivity contribution in [1.82, 2.24) is 10.3 Å². The summed E-state index contributed by atoms with van der Waals surface area (Å²) in [7, 11) is 0. The van der Waals surface area contributed by atoms with E-state index >= 15 is 0 Å². The van der Waals surface area contributed by atoms with Crippen LogP contribution in [0.25, 0.3) is 11.3 Å². The fourth-order valence-corrected chi connectivity index (χ4v) is 5.77. The number of hydrogen-bond donors (Lipinski definition) is 2. The number of aliphatic carboxylic acids is 1. The number of halogens is 1. The number of carboxylic acid groups (broad SMARTS) is 1. The number of aromatic nitrogens is 1. The van der Waals surface area contributed by atoms with Gasteiger partial charge < -0.3 is 15.3 Å². The molecule has 3 aromatic carbocycles. The smallest absolute Gasteiger partial charge is 0.305 e. The Labute approximate surface area is 224 Å². The van der Waals surface area contributed by atoms with Crippen molar-refractivity contribution in [3.8, 4) is 11.3 Å². The number of nitrogens with zero attached hydrogens (tertiary/aromatic N) is 2. The molecule has 0 spiro atoms. The first-order chi connectivity index (χ1) is 18.0. The van der Waals surface area contributed by atoms with Crippen molar-refractivity contribution >= 4 is 39.9 Å². The number of hydrogen-bond acceptors (Lipinski definition) is 5. The molecular formula is C29H26ClN3O3S. The molecule has 0 saturated carbocycles. The number of thiazole rings is 1. The van der Waals surface area contributed by atoms with Crippen molar-refractivity contribution in [2.24, 2.45) is 0 Å². The zero-order chi connectivity index (χ0) is 25.8. The van der Waals surface area contributed by atoms with Gasteiger partial charge in [0.1, 0.15) is 0 Å². The van der Waals surface area contributed by atoms with Gasteiger partial charge in [-0.15, -0.1) is 11.3 Å². The van der Waals surface area contributed by atoms with Crippen LogP contribution in [-0.2, 0) is 24.2 Å². The van der Waals surface area contributed by atoms with E-state index in [2.05, 4.69) is 39.9 Å². The van der Waals surface area contributed by atoms with E-state index in [0.717, 1.165) is 34.8 Å². The molecule has 4 aromatic rings. The first-order valence-corrected chi connectivity index (χ1v) is 13.4. The van der Waals surface area contributed by atoms with Gasteiger partial charge >= 0.3 is 5.97 Å². The van der Waals surface area contributed by atoms with Crippen LogP contribution in [0, 0.1) is 0 Å². The highest BCUT2D eigenvalue weighted by Gasteiger charge is 2.29. The lowest BCUT2D eigenvalue weighted by Crippen LogP contribution is -2.35. The van der Waals surface area contributed by atoms with Gasteiger partial charge in [-0.05, 0) is 47.7 Å². The molecule has 0 fully saturated rings. The number of fused-ring (bicyclic) bond motifs is 1. The molecule has 2 N–H and O–H groups in total. The third-order valence-corrected chi connectivity index (χ3v) is 7.76. The molecule has 1 aliphatic carbocycles. The zero-order valence-corrected chi connectivity index (χ0v) is 21.6. The predicted octanol–water partition coefficient (Wildman–Crippen LogP) is 5.84. The van der Waals surface area contributed by atoms with Crippen molar-refractivity contribution in [3.63, 3.8) is 0 Å². The summed E-state index contributed by atoms with van der Waals surface area (Å²) in [5.41, 5.74) is 6.08. The molecule has 0 saturated heterocycles. The Bertz CT molecular complexity index is 1390. The molecule has 0 unspecified atom stereocenters. The highest BCUT2D eigenvalue weighted by molar-refractivity contribution is 7.14. The van der Waals surface area contributed by atoms with Crippen LogP contribution in [0.4, 0.5) is 5.13 Å². The maximum absolute atomic E-state index is 12.3. The lowest BCUT2D eigenvalue weighted by Gasteiger charge is -2.29. The van der Waals surface area contributed by atoms with E-state index in [9.17, 15) is 9.59 Å². The summed E-state index contributed by atoms with van der Waals surface area (Å²) in [5.74, 6) is -1.22. The summed E-state index contributed by atoms with van der Waals surface area (Å²) < 4.78 is 0. The Hall–Kier alpha value is -3.68. The van der Waals surface area contributed by atoms with Crippen LogP contribution >= 0.6 is 22.9 Å². The summed E-state index contributed by atoms with van der Waals surface area (Å²) in [5, 5.41) is 15.1. The number of anilines is 1. The molecule has 0 bridgehead atoms. The minimum Gasteiger partial charge on any atom is -0.481 e. The molecule has 1 amide bonds. The summed E-state index contributed by atoms with van der Waals surface area (Å²) >= 11 is 8.05. The van der Waals surface area contributed by atoms with Crippen LogP contribution in [0.15, 0.2) is 78.2 Å².